The van der Waals surface area contributed by atoms with Crippen LogP contribution in [0.1, 0.15) is 5.56 Å². The first-order chi connectivity index (χ1) is 11.0. The summed E-state index contributed by atoms with van der Waals surface area (Å²) in [5.41, 5.74) is 1.61. The molecule has 0 spiro atoms. The summed E-state index contributed by atoms with van der Waals surface area (Å²) in [5, 5.41) is 0. The van der Waals surface area contributed by atoms with Crippen molar-refractivity contribution in [2.24, 2.45) is 0 Å². The first-order valence-corrected chi connectivity index (χ1v) is 7.68. The second-order valence-electron chi connectivity index (χ2n) is 5.88. The van der Waals surface area contributed by atoms with Crippen molar-refractivity contribution in [1.29, 1.82) is 0 Å². The standard InChI is InChI=1S/C17H21N3O3/c1-18-8-10-20(11-9-18)15-14(16(21)19(2)17(15)22)12-6-4-5-7-13(12)23-3/h4-7H,8-11H2,1-3H3. The maximum Gasteiger partial charge on any atom is 0.277 e. The molecule has 23 heavy (non-hydrogen) atoms. The number of amides is 2. The molecule has 2 aliphatic heterocycles. The molecule has 1 fully saturated rings. The Bertz CT molecular complexity index is 675. The van der Waals surface area contributed by atoms with Crippen LogP contribution in [0.3, 0.4) is 0 Å². The van der Waals surface area contributed by atoms with Gasteiger partial charge >= 0.3 is 0 Å². The minimum Gasteiger partial charge on any atom is -0.496 e. The van der Waals surface area contributed by atoms with E-state index in [1.807, 2.05) is 23.1 Å². The van der Waals surface area contributed by atoms with Gasteiger partial charge in [-0.15, -0.1) is 0 Å². The van der Waals surface area contributed by atoms with Crippen LogP contribution in [-0.2, 0) is 9.59 Å². The first kappa shape index (κ1) is 15.6. The van der Waals surface area contributed by atoms with Crippen molar-refractivity contribution in [3.63, 3.8) is 0 Å². The molecule has 2 amide bonds. The van der Waals surface area contributed by atoms with Gasteiger partial charge in [0, 0.05) is 38.8 Å². The lowest BCUT2D eigenvalue weighted by Gasteiger charge is -2.34. The zero-order chi connectivity index (χ0) is 16.6. The molecule has 0 aliphatic carbocycles. The Hall–Kier alpha value is -2.34. The predicted molar refractivity (Wildman–Crippen MR) is 86.8 cm³/mol. The molecule has 0 saturated carbocycles. The fourth-order valence-corrected chi connectivity index (χ4v) is 3.04. The number of hydrogen-bond donors (Lipinski definition) is 0. The SMILES string of the molecule is COc1ccccc1C1=C(N2CCN(C)CC2)C(=O)N(C)C1=O. The van der Waals surface area contributed by atoms with Crippen LogP contribution in [0.2, 0.25) is 0 Å². The number of carbonyl (C=O) groups excluding carboxylic acids is 2. The van der Waals surface area contributed by atoms with E-state index in [0.29, 0.717) is 22.6 Å². The summed E-state index contributed by atoms with van der Waals surface area (Å²) in [6.07, 6.45) is 0. The van der Waals surface area contributed by atoms with E-state index < -0.39 is 0 Å². The van der Waals surface area contributed by atoms with Crippen LogP contribution in [-0.4, -0.2) is 73.9 Å². The van der Waals surface area contributed by atoms with Crippen molar-refractivity contribution < 1.29 is 14.3 Å². The molecule has 6 nitrogen and oxygen atoms in total. The van der Waals surface area contributed by atoms with Crippen LogP contribution in [0.5, 0.6) is 5.75 Å². The van der Waals surface area contributed by atoms with Crippen LogP contribution >= 0.6 is 0 Å². The van der Waals surface area contributed by atoms with Gasteiger partial charge in [-0.1, -0.05) is 18.2 Å². The molecule has 2 heterocycles. The third-order valence-electron chi connectivity index (χ3n) is 4.46. The number of imide groups is 1. The lowest BCUT2D eigenvalue weighted by Crippen LogP contribution is -2.45. The van der Waals surface area contributed by atoms with Crippen LogP contribution in [0.15, 0.2) is 30.0 Å². The number of methoxy groups -OCH3 is 1. The van der Waals surface area contributed by atoms with Crippen molar-refractivity contribution >= 4 is 17.4 Å². The Morgan fingerprint density at radius 2 is 1.61 bits per heavy atom. The second-order valence-corrected chi connectivity index (χ2v) is 5.88. The summed E-state index contributed by atoms with van der Waals surface area (Å²) < 4.78 is 5.39. The summed E-state index contributed by atoms with van der Waals surface area (Å²) in [6.45, 7) is 3.20. The Labute approximate surface area is 135 Å². The Balaban J connectivity index is 2.11. The van der Waals surface area contributed by atoms with E-state index in [9.17, 15) is 9.59 Å². The van der Waals surface area contributed by atoms with Crippen LogP contribution in [0.25, 0.3) is 5.57 Å². The number of benzene rings is 1. The minimum absolute atomic E-state index is 0.236. The molecule has 0 atom stereocenters. The quantitative estimate of drug-likeness (QED) is 0.767. The molecule has 1 aromatic carbocycles. The van der Waals surface area contributed by atoms with Gasteiger partial charge in [0.2, 0.25) is 0 Å². The van der Waals surface area contributed by atoms with Crippen molar-refractivity contribution in [2.75, 3.05) is 47.4 Å². The van der Waals surface area contributed by atoms with Crippen molar-refractivity contribution in [1.82, 2.24) is 14.7 Å². The number of carbonyl (C=O) groups is 2. The number of piperazine rings is 1. The lowest BCUT2D eigenvalue weighted by molar-refractivity contribution is -0.136. The Kier molecular flexibility index (Phi) is 4.09. The minimum atomic E-state index is -0.270. The van der Waals surface area contributed by atoms with Gasteiger partial charge < -0.3 is 14.5 Å². The van der Waals surface area contributed by atoms with Gasteiger partial charge in [0.25, 0.3) is 11.8 Å². The van der Waals surface area contributed by atoms with E-state index in [4.69, 9.17) is 4.74 Å². The fourth-order valence-electron chi connectivity index (χ4n) is 3.04. The van der Waals surface area contributed by atoms with Gasteiger partial charge in [0.1, 0.15) is 11.4 Å². The second kappa shape index (κ2) is 6.04. The molecule has 0 N–H and O–H groups in total. The molecule has 0 bridgehead atoms. The zero-order valence-corrected chi connectivity index (χ0v) is 13.7. The number of para-hydroxylation sites is 1. The third-order valence-corrected chi connectivity index (χ3v) is 4.46. The fraction of sp³-hybridized carbons (Fsp3) is 0.412. The Morgan fingerprint density at radius 1 is 0.957 bits per heavy atom. The van der Waals surface area contributed by atoms with Gasteiger partial charge in [-0.2, -0.15) is 0 Å². The van der Waals surface area contributed by atoms with E-state index in [0.717, 1.165) is 26.2 Å². The highest BCUT2D eigenvalue weighted by Gasteiger charge is 2.40. The molecule has 0 aromatic heterocycles. The average Bonchev–Trinajstić information content (AvgIpc) is 2.80. The highest BCUT2D eigenvalue weighted by atomic mass is 16.5. The zero-order valence-electron chi connectivity index (χ0n) is 13.7. The summed E-state index contributed by atoms with van der Waals surface area (Å²) in [7, 11) is 5.16. The van der Waals surface area contributed by atoms with Gasteiger partial charge in [-0.25, -0.2) is 0 Å². The predicted octanol–water partition coefficient (Wildman–Crippen LogP) is 0.652. The molecular weight excluding hydrogens is 294 g/mol. The highest BCUT2D eigenvalue weighted by Crippen LogP contribution is 2.35. The summed E-state index contributed by atoms with van der Waals surface area (Å²) in [6, 6.07) is 7.33. The van der Waals surface area contributed by atoms with E-state index in [1.54, 1.807) is 13.2 Å². The lowest BCUT2D eigenvalue weighted by atomic mass is 10.0. The number of ether oxygens (including phenoxy) is 1. The Morgan fingerprint density at radius 3 is 2.26 bits per heavy atom. The summed E-state index contributed by atoms with van der Waals surface area (Å²) in [4.78, 5) is 30.7. The van der Waals surface area contributed by atoms with Crippen LogP contribution in [0, 0.1) is 0 Å². The number of rotatable bonds is 3. The summed E-state index contributed by atoms with van der Waals surface area (Å²) >= 11 is 0. The monoisotopic (exact) mass is 315 g/mol. The molecule has 1 aromatic rings. The van der Waals surface area contributed by atoms with Gasteiger partial charge in [-0.3, -0.25) is 14.5 Å². The highest BCUT2D eigenvalue weighted by molar-refractivity contribution is 6.35. The van der Waals surface area contributed by atoms with Gasteiger partial charge in [-0.05, 0) is 13.1 Å². The molecule has 0 radical (unpaired) electrons. The largest absolute Gasteiger partial charge is 0.496 e. The molecule has 1 saturated heterocycles. The smallest absolute Gasteiger partial charge is 0.277 e. The number of nitrogens with zero attached hydrogens (tertiary/aromatic N) is 3. The van der Waals surface area contributed by atoms with Crippen LogP contribution < -0.4 is 4.74 Å². The topological polar surface area (TPSA) is 53.1 Å². The molecule has 122 valence electrons. The average molecular weight is 315 g/mol. The maximum atomic E-state index is 12.7. The van der Waals surface area contributed by atoms with Crippen molar-refractivity contribution in [3.05, 3.63) is 35.5 Å². The molecule has 3 rings (SSSR count). The first-order valence-electron chi connectivity index (χ1n) is 7.68. The number of hydrogen-bond acceptors (Lipinski definition) is 5. The van der Waals surface area contributed by atoms with E-state index in [2.05, 4.69) is 11.9 Å². The maximum absolute atomic E-state index is 12.7. The molecule has 6 heteroatoms. The molecule has 2 aliphatic rings. The van der Waals surface area contributed by atoms with Crippen LogP contribution in [0.4, 0.5) is 0 Å². The normalized spacial score (nSPS) is 19.8. The molecular formula is C17H21N3O3. The van der Waals surface area contributed by atoms with E-state index >= 15 is 0 Å². The van der Waals surface area contributed by atoms with E-state index in [1.165, 1.54) is 11.9 Å². The number of likely N-dealkylation sites (N-methyl/N-ethyl adjacent to an activating group) is 2. The van der Waals surface area contributed by atoms with Crippen molar-refractivity contribution in [3.8, 4) is 5.75 Å². The molecule has 0 unspecified atom stereocenters. The van der Waals surface area contributed by atoms with Gasteiger partial charge in [0.05, 0.1) is 12.7 Å². The summed E-state index contributed by atoms with van der Waals surface area (Å²) in [5.74, 6) is 0.0967. The van der Waals surface area contributed by atoms with Crippen molar-refractivity contribution in [2.45, 2.75) is 0 Å². The van der Waals surface area contributed by atoms with Gasteiger partial charge in [0.15, 0.2) is 0 Å². The van der Waals surface area contributed by atoms with E-state index in [-0.39, 0.29) is 11.8 Å². The third kappa shape index (κ3) is 2.59.